The molecule has 0 bridgehead atoms. The topological polar surface area (TPSA) is 26.3 Å². The normalized spacial score (nSPS) is 12.4. The van der Waals surface area contributed by atoms with Crippen LogP contribution in [0.1, 0.15) is 22.8 Å². The molecule has 1 aromatic rings. The minimum absolute atomic E-state index is 0.222. The molecule has 0 aromatic heterocycles. The van der Waals surface area contributed by atoms with Crippen LogP contribution in [0.4, 0.5) is 13.2 Å². The number of hydrogen-bond acceptors (Lipinski definition) is 2. The molecular formula is C12H10BrF3O2. The summed E-state index contributed by atoms with van der Waals surface area (Å²) in [6.45, 7) is 1.91. The first kappa shape index (κ1) is 14.8. The number of ether oxygens (including phenoxy) is 1. The van der Waals surface area contributed by atoms with Crippen molar-refractivity contribution >= 4 is 28.0 Å². The van der Waals surface area contributed by atoms with Gasteiger partial charge in [0.25, 0.3) is 0 Å². The van der Waals surface area contributed by atoms with Crippen LogP contribution >= 0.6 is 15.9 Å². The maximum absolute atomic E-state index is 12.9. The molecule has 18 heavy (non-hydrogen) atoms. The zero-order valence-corrected chi connectivity index (χ0v) is 11.0. The quantitative estimate of drug-likeness (QED) is 0.614. The first-order valence-electron chi connectivity index (χ1n) is 5.06. The van der Waals surface area contributed by atoms with Gasteiger partial charge in [0.1, 0.15) is 0 Å². The maximum Gasteiger partial charge on any atom is 0.352 e. The van der Waals surface area contributed by atoms with Crippen molar-refractivity contribution in [3.05, 3.63) is 41.2 Å². The lowest BCUT2D eigenvalue weighted by Crippen LogP contribution is -2.05. The molecule has 0 atom stereocenters. The standard InChI is InChI=1S/C12H10BrF3O2/c1-2-18-11(17)9-5-3-8(4-6-9)7-10(14)12(13,15)16/h3-7H,2H2,1H3/b10-7-. The van der Waals surface area contributed by atoms with Crippen LogP contribution in [0.3, 0.4) is 0 Å². The fraction of sp³-hybridized carbons (Fsp3) is 0.250. The zero-order valence-electron chi connectivity index (χ0n) is 9.42. The molecule has 0 fully saturated rings. The Balaban J connectivity index is 2.87. The third-order valence-corrected chi connectivity index (χ3v) is 2.36. The molecule has 0 aliphatic heterocycles. The van der Waals surface area contributed by atoms with Crippen LogP contribution in [-0.2, 0) is 4.74 Å². The summed E-state index contributed by atoms with van der Waals surface area (Å²) < 4.78 is 42.7. The van der Waals surface area contributed by atoms with Gasteiger partial charge in [0.05, 0.1) is 12.2 Å². The van der Waals surface area contributed by atoms with Gasteiger partial charge in [0, 0.05) is 0 Å². The number of hydrogen-bond donors (Lipinski definition) is 0. The molecular weight excluding hydrogens is 313 g/mol. The van der Waals surface area contributed by atoms with Crippen LogP contribution < -0.4 is 0 Å². The largest absolute Gasteiger partial charge is 0.462 e. The second kappa shape index (κ2) is 6.04. The molecule has 0 aliphatic rings. The highest BCUT2D eigenvalue weighted by molar-refractivity contribution is 9.10. The molecule has 0 N–H and O–H groups in total. The van der Waals surface area contributed by atoms with E-state index < -0.39 is 16.6 Å². The smallest absolute Gasteiger partial charge is 0.352 e. The van der Waals surface area contributed by atoms with E-state index >= 15 is 0 Å². The summed E-state index contributed by atoms with van der Waals surface area (Å²) >= 11 is 1.91. The molecule has 1 rings (SSSR count). The van der Waals surface area contributed by atoms with Gasteiger partial charge < -0.3 is 4.74 Å². The lowest BCUT2D eigenvalue weighted by Gasteiger charge is -2.05. The Bertz CT molecular complexity index is 449. The SMILES string of the molecule is CCOC(=O)c1ccc(/C=C(\F)C(F)(F)Br)cc1. The lowest BCUT2D eigenvalue weighted by molar-refractivity contribution is 0.0526. The predicted molar refractivity (Wildman–Crippen MR) is 65.4 cm³/mol. The Morgan fingerprint density at radius 2 is 1.94 bits per heavy atom. The Kier molecular flexibility index (Phi) is 4.95. The highest BCUT2D eigenvalue weighted by atomic mass is 79.9. The molecule has 0 aliphatic carbocycles. The van der Waals surface area contributed by atoms with E-state index in [-0.39, 0.29) is 17.7 Å². The van der Waals surface area contributed by atoms with Crippen molar-refractivity contribution in [3.63, 3.8) is 0 Å². The summed E-state index contributed by atoms with van der Waals surface area (Å²) in [5.41, 5.74) is 0.500. The van der Waals surface area contributed by atoms with Crippen LogP contribution in [-0.4, -0.2) is 17.4 Å². The van der Waals surface area contributed by atoms with Crippen molar-refractivity contribution in [1.82, 2.24) is 0 Å². The fourth-order valence-electron chi connectivity index (χ4n) is 1.16. The Morgan fingerprint density at radius 3 is 2.39 bits per heavy atom. The summed E-state index contributed by atoms with van der Waals surface area (Å²) in [6.07, 6.45) is 0.684. The van der Waals surface area contributed by atoms with Crippen molar-refractivity contribution in [1.29, 1.82) is 0 Å². The highest BCUT2D eigenvalue weighted by Crippen LogP contribution is 2.33. The van der Waals surface area contributed by atoms with Crippen molar-refractivity contribution in [2.24, 2.45) is 0 Å². The van der Waals surface area contributed by atoms with Crippen molar-refractivity contribution < 1.29 is 22.7 Å². The van der Waals surface area contributed by atoms with Gasteiger partial charge >= 0.3 is 10.8 Å². The fourth-order valence-corrected chi connectivity index (χ4v) is 1.27. The van der Waals surface area contributed by atoms with Gasteiger partial charge in [-0.2, -0.15) is 8.78 Å². The molecule has 0 unspecified atom stereocenters. The molecule has 0 saturated heterocycles. The number of rotatable bonds is 4. The van der Waals surface area contributed by atoms with Crippen molar-refractivity contribution in [2.45, 2.75) is 11.8 Å². The molecule has 1 aromatic carbocycles. The maximum atomic E-state index is 12.9. The van der Waals surface area contributed by atoms with E-state index in [1.54, 1.807) is 6.92 Å². The average Bonchev–Trinajstić information content (AvgIpc) is 2.29. The van der Waals surface area contributed by atoms with Gasteiger partial charge in [-0.05, 0) is 46.6 Å². The number of allylic oxidation sites excluding steroid dienone is 1. The molecule has 0 heterocycles. The van der Waals surface area contributed by atoms with Crippen LogP contribution in [0.2, 0.25) is 0 Å². The van der Waals surface area contributed by atoms with Gasteiger partial charge in [-0.3, -0.25) is 0 Å². The first-order valence-corrected chi connectivity index (χ1v) is 5.85. The van der Waals surface area contributed by atoms with Gasteiger partial charge in [-0.15, -0.1) is 0 Å². The summed E-state index contributed by atoms with van der Waals surface area (Å²) in [4.78, 5) is 7.61. The van der Waals surface area contributed by atoms with Gasteiger partial charge in [0.15, 0.2) is 5.83 Å². The number of benzene rings is 1. The third kappa shape index (κ3) is 4.18. The third-order valence-electron chi connectivity index (χ3n) is 1.99. The van der Waals surface area contributed by atoms with Crippen molar-refractivity contribution in [3.8, 4) is 0 Å². The van der Waals surface area contributed by atoms with E-state index in [1.165, 1.54) is 24.3 Å². The number of carbonyl (C=O) groups is 1. The van der Waals surface area contributed by atoms with Gasteiger partial charge in [-0.1, -0.05) is 12.1 Å². The first-order chi connectivity index (χ1) is 8.34. The van der Waals surface area contributed by atoms with E-state index in [2.05, 4.69) is 0 Å². The molecule has 6 heteroatoms. The van der Waals surface area contributed by atoms with Crippen LogP contribution in [0.25, 0.3) is 6.08 Å². The second-order valence-electron chi connectivity index (χ2n) is 3.33. The summed E-state index contributed by atoms with van der Waals surface area (Å²) in [6, 6.07) is 5.46. The summed E-state index contributed by atoms with van der Waals surface area (Å²) in [5.74, 6) is -2.12. The Morgan fingerprint density at radius 1 is 1.39 bits per heavy atom. The highest BCUT2D eigenvalue weighted by Gasteiger charge is 2.30. The van der Waals surface area contributed by atoms with Gasteiger partial charge in [-0.25, -0.2) is 9.18 Å². The number of halogens is 4. The van der Waals surface area contributed by atoms with E-state index in [4.69, 9.17) is 4.74 Å². The predicted octanol–water partition coefficient (Wildman–Crippen LogP) is 4.16. The minimum atomic E-state index is -3.69. The van der Waals surface area contributed by atoms with Crippen LogP contribution in [0.15, 0.2) is 30.1 Å². The molecule has 0 radical (unpaired) electrons. The summed E-state index contributed by atoms with van der Waals surface area (Å²) in [5, 5.41) is 0. The van der Waals surface area contributed by atoms with E-state index in [0.29, 0.717) is 6.08 Å². The van der Waals surface area contributed by atoms with Crippen molar-refractivity contribution in [2.75, 3.05) is 6.61 Å². The minimum Gasteiger partial charge on any atom is -0.462 e. The monoisotopic (exact) mass is 322 g/mol. The van der Waals surface area contributed by atoms with E-state index in [1.807, 2.05) is 15.9 Å². The molecule has 0 amide bonds. The summed E-state index contributed by atoms with van der Waals surface area (Å²) in [7, 11) is 0. The lowest BCUT2D eigenvalue weighted by atomic mass is 10.1. The number of esters is 1. The molecule has 0 spiro atoms. The molecule has 2 nitrogen and oxygen atoms in total. The number of carbonyl (C=O) groups excluding carboxylic acids is 1. The molecule has 0 saturated carbocycles. The average molecular weight is 323 g/mol. The Labute approximate surface area is 111 Å². The molecule has 98 valence electrons. The zero-order chi connectivity index (χ0) is 13.8. The van der Waals surface area contributed by atoms with E-state index in [9.17, 15) is 18.0 Å². The van der Waals surface area contributed by atoms with Crippen LogP contribution in [0, 0.1) is 0 Å². The van der Waals surface area contributed by atoms with Crippen LogP contribution in [0.5, 0.6) is 0 Å². The second-order valence-corrected chi connectivity index (χ2v) is 4.33. The number of alkyl halides is 3. The Hall–Kier alpha value is -1.30. The van der Waals surface area contributed by atoms with E-state index in [0.717, 1.165) is 0 Å². The van der Waals surface area contributed by atoms with Gasteiger partial charge in [0.2, 0.25) is 0 Å².